The van der Waals surface area contributed by atoms with E-state index in [1.54, 1.807) is 23.6 Å². The SMILES string of the molecule is CC(C)c1csc(S(=O)(=O)c2ccccc2)c1O. The Kier molecular flexibility index (Phi) is 3.45. The van der Waals surface area contributed by atoms with Gasteiger partial charge >= 0.3 is 0 Å². The maximum Gasteiger partial charge on any atom is 0.219 e. The first kappa shape index (κ1) is 13.1. The molecule has 0 amide bonds. The molecule has 0 aliphatic heterocycles. The molecule has 1 aromatic carbocycles. The molecule has 1 N–H and O–H groups in total. The van der Waals surface area contributed by atoms with E-state index in [2.05, 4.69) is 0 Å². The summed E-state index contributed by atoms with van der Waals surface area (Å²) in [5.74, 6) is -0.0140. The molecular formula is C13H14O3S2. The Morgan fingerprint density at radius 2 is 1.78 bits per heavy atom. The fourth-order valence-corrected chi connectivity index (χ4v) is 4.54. The highest BCUT2D eigenvalue weighted by atomic mass is 32.2. The van der Waals surface area contributed by atoms with Crippen LogP contribution < -0.4 is 0 Å². The second-order valence-corrected chi connectivity index (χ2v) is 7.32. The van der Waals surface area contributed by atoms with Gasteiger partial charge in [0.25, 0.3) is 0 Å². The van der Waals surface area contributed by atoms with Crippen molar-refractivity contribution in [2.45, 2.75) is 28.9 Å². The summed E-state index contributed by atoms with van der Waals surface area (Å²) in [6.07, 6.45) is 0. The largest absolute Gasteiger partial charge is 0.505 e. The maximum absolute atomic E-state index is 12.3. The zero-order valence-corrected chi connectivity index (χ0v) is 11.8. The number of thiophene rings is 1. The quantitative estimate of drug-likeness (QED) is 0.938. The van der Waals surface area contributed by atoms with Crippen molar-refractivity contribution in [3.05, 3.63) is 41.3 Å². The third-order valence-electron chi connectivity index (χ3n) is 2.68. The minimum absolute atomic E-state index is 0.0254. The van der Waals surface area contributed by atoms with Crippen LogP contribution in [0.4, 0.5) is 0 Å². The predicted octanol–water partition coefficient (Wildman–Crippen LogP) is 3.41. The molecule has 0 bridgehead atoms. The smallest absolute Gasteiger partial charge is 0.219 e. The van der Waals surface area contributed by atoms with E-state index in [9.17, 15) is 13.5 Å². The summed E-state index contributed by atoms with van der Waals surface area (Å²) in [6, 6.07) is 8.15. The van der Waals surface area contributed by atoms with Crippen molar-refractivity contribution in [2.75, 3.05) is 0 Å². The van der Waals surface area contributed by atoms with Crippen LogP contribution in [0.25, 0.3) is 0 Å². The lowest BCUT2D eigenvalue weighted by molar-refractivity contribution is 0.454. The minimum atomic E-state index is -3.61. The molecule has 5 heteroatoms. The first-order valence-corrected chi connectivity index (χ1v) is 7.91. The highest BCUT2D eigenvalue weighted by Gasteiger charge is 2.26. The summed E-state index contributed by atoms with van der Waals surface area (Å²) >= 11 is 1.07. The zero-order chi connectivity index (χ0) is 13.3. The zero-order valence-electron chi connectivity index (χ0n) is 10.1. The van der Waals surface area contributed by atoms with Crippen LogP contribution in [0, 0.1) is 0 Å². The Morgan fingerprint density at radius 1 is 1.17 bits per heavy atom. The Bertz CT molecular complexity index is 640. The van der Waals surface area contributed by atoms with Crippen molar-refractivity contribution in [3.63, 3.8) is 0 Å². The number of benzene rings is 1. The van der Waals surface area contributed by atoms with Gasteiger partial charge in [-0.3, -0.25) is 0 Å². The average Bonchev–Trinajstić information content (AvgIpc) is 2.73. The first-order valence-electron chi connectivity index (χ1n) is 5.55. The Labute approximate surface area is 111 Å². The molecule has 0 spiro atoms. The Hall–Kier alpha value is -1.33. The van der Waals surface area contributed by atoms with Crippen LogP contribution in [0.1, 0.15) is 25.3 Å². The molecule has 1 heterocycles. The normalized spacial score (nSPS) is 11.9. The summed E-state index contributed by atoms with van der Waals surface area (Å²) in [6.45, 7) is 3.83. The van der Waals surface area contributed by atoms with Crippen LogP contribution in [0.2, 0.25) is 0 Å². The van der Waals surface area contributed by atoms with Gasteiger partial charge in [-0.1, -0.05) is 32.0 Å². The highest BCUT2D eigenvalue weighted by Crippen LogP contribution is 2.40. The molecule has 2 rings (SSSR count). The van der Waals surface area contributed by atoms with E-state index < -0.39 is 9.84 Å². The molecule has 0 unspecified atom stereocenters. The topological polar surface area (TPSA) is 54.4 Å². The van der Waals surface area contributed by atoms with Crippen LogP contribution in [-0.4, -0.2) is 13.5 Å². The van der Waals surface area contributed by atoms with E-state index in [0.29, 0.717) is 5.56 Å². The van der Waals surface area contributed by atoms with Crippen LogP contribution in [-0.2, 0) is 9.84 Å². The first-order chi connectivity index (χ1) is 8.44. The summed E-state index contributed by atoms with van der Waals surface area (Å²) < 4.78 is 24.7. The van der Waals surface area contributed by atoms with Gasteiger partial charge in [0.15, 0.2) is 4.21 Å². The Balaban J connectivity index is 2.56. The third-order valence-corrected chi connectivity index (χ3v) is 5.98. The molecule has 96 valence electrons. The lowest BCUT2D eigenvalue weighted by atomic mass is 10.1. The van der Waals surface area contributed by atoms with Crippen molar-refractivity contribution < 1.29 is 13.5 Å². The van der Waals surface area contributed by atoms with Crippen molar-refractivity contribution in [3.8, 4) is 5.75 Å². The fraction of sp³-hybridized carbons (Fsp3) is 0.231. The summed E-state index contributed by atoms with van der Waals surface area (Å²) in [5, 5.41) is 11.7. The molecule has 0 radical (unpaired) electrons. The molecule has 0 saturated heterocycles. The molecule has 18 heavy (non-hydrogen) atoms. The summed E-state index contributed by atoms with van der Waals surface area (Å²) in [5.41, 5.74) is 0.675. The molecule has 0 aliphatic rings. The van der Waals surface area contributed by atoms with Crippen LogP contribution in [0.15, 0.2) is 44.8 Å². The van der Waals surface area contributed by atoms with Crippen LogP contribution >= 0.6 is 11.3 Å². The van der Waals surface area contributed by atoms with E-state index in [1.165, 1.54) is 12.1 Å². The van der Waals surface area contributed by atoms with Gasteiger partial charge in [-0.05, 0) is 23.4 Å². The van der Waals surface area contributed by atoms with Gasteiger partial charge < -0.3 is 5.11 Å². The maximum atomic E-state index is 12.3. The van der Waals surface area contributed by atoms with Gasteiger partial charge in [-0.2, -0.15) is 0 Å². The van der Waals surface area contributed by atoms with Gasteiger partial charge in [-0.15, -0.1) is 11.3 Å². The average molecular weight is 282 g/mol. The molecule has 2 aromatic rings. The number of sulfone groups is 1. The van der Waals surface area contributed by atoms with Gasteiger partial charge in [0, 0.05) is 5.56 Å². The van der Waals surface area contributed by atoms with E-state index in [-0.39, 0.29) is 20.8 Å². The Morgan fingerprint density at radius 3 is 2.28 bits per heavy atom. The molecular weight excluding hydrogens is 268 g/mol. The van der Waals surface area contributed by atoms with E-state index >= 15 is 0 Å². The van der Waals surface area contributed by atoms with E-state index in [4.69, 9.17) is 0 Å². The van der Waals surface area contributed by atoms with E-state index in [1.807, 2.05) is 13.8 Å². The third kappa shape index (κ3) is 2.15. The second kappa shape index (κ2) is 4.74. The van der Waals surface area contributed by atoms with Gasteiger partial charge in [0.2, 0.25) is 9.84 Å². The summed E-state index contributed by atoms with van der Waals surface area (Å²) in [7, 11) is -3.61. The molecule has 1 aromatic heterocycles. The minimum Gasteiger partial charge on any atom is -0.505 e. The van der Waals surface area contributed by atoms with Gasteiger partial charge in [-0.25, -0.2) is 8.42 Å². The van der Waals surface area contributed by atoms with Crippen molar-refractivity contribution >= 4 is 21.2 Å². The van der Waals surface area contributed by atoms with Gasteiger partial charge in [0.1, 0.15) is 5.75 Å². The lowest BCUT2D eigenvalue weighted by Crippen LogP contribution is -1.99. The molecule has 0 fully saturated rings. The number of hydrogen-bond acceptors (Lipinski definition) is 4. The van der Waals surface area contributed by atoms with Crippen molar-refractivity contribution in [1.82, 2.24) is 0 Å². The van der Waals surface area contributed by atoms with Crippen molar-refractivity contribution in [2.24, 2.45) is 0 Å². The highest BCUT2D eigenvalue weighted by molar-refractivity contribution is 7.93. The van der Waals surface area contributed by atoms with E-state index in [0.717, 1.165) is 11.3 Å². The fourth-order valence-electron chi connectivity index (χ4n) is 1.65. The van der Waals surface area contributed by atoms with Crippen molar-refractivity contribution in [1.29, 1.82) is 0 Å². The molecule has 0 saturated carbocycles. The molecule has 3 nitrogen and oxygen atoms in total. The van der Waals surface area contributed by atoms with Crippen LogP contribution in [0.5, 0.6) is 5.75 Å². The monoisotopic (exact) mass is 282 g/mol. The van der Waals surface area contributed by atoms with Crippen LogP contribution in [0.3, 0.4) is 0 Å². The summed E-state index contributed by atoms with van der Waals surface area (Å²) in [4.78, 5) is 0.206. The second-order valence-electron chi connectivity index (χ2n) is 4.30. The standard InChI is InChI=1S/C13H14O3S2/c1-9(2)11-8-17-13(12(11)14)18(15,16)10-6-4-3-5-7-10/h3-9,14H,1-2H3. The lowest BCUT2D eigenvalue weighted by Gasteiger charge is -2.05. The number of rotatable bonds is 3. The predicted molar refractivity (Wildman–Crippen MR) is 72.0 cm³/mol. The number of hydrogen-bond donors (Lipinski definition) is 1. The number of aromatic hydroxyl groups is 1. The van der Waals surface area contributed by atoms with Gasteiger partial charge in [0.05, 0.1) is 4.90 Å². The molecule has 0 aliphatic carbocycles. The molecule has 0 atom stereocenters.